The van der Waals surface area contributed by atoms with Crippen molar-refractivity contribution in [3.8, 4) is 0 Å². The van der Waals surface area contributed by atoms with E-state index >= 15 is 0 Å². The third kappa shape index (κ3) is 4.77. The smallest absolute Gasteiger partial charge is 0.407 e. The number of hydrogen-bond donors (Lipinski definition) is 2. The first-order valence-electron chi connectivity index (χ1n) is 6.24. The maximum absolute atomic E-state index is 11.6. The summed E-state index contributed by atoms with van der Waals surface area (Å²) >= 11 is 0. The summed E-state index contributed by atoms with van der Waals surface area (Å²) < 4.78 is 5.20. The van der Waals surface area contributed by atoms with Crippen molar-refractivity contribution in [3.63, 3.8) is 0 Å². The number of amides is 2. The van der Waals surface area contributed by atoms with E-state index in [1.807, 2.05) is 20.8 Å². The summed E-state index contributed by atoms with van der Waals surface area (Å²) in [7, 11) is 0. The first-order chi connectivity index (χ1) is 8.31. The lowest BCUT2D eigenvalue weighted by atomic mass is 10.1. The second-order valence-corrected chi connectivity index (χ2v) is 5.50. The molecule has 0 aliphatic heterocycles. The standard InChI is InChI=1S/C13H22N2O3/c1-5-11(16)14-9-7-6-8-10(9)15-12(17)18-13(2,3)4/h5,9-10H,1,6-8H2,2-4H3,(H,14,16)(H,15,17)/t9-,10-/m1/s1. The molecule has 0 radical (unpaired) electrons. The van der Waals surface area contributed by atoms with Gasteiger partial charge >= 0.3 is 6.09 Å². The van der Waals surface area contributed by atoms with Crippen LogP contribution >= 0.6 is 0 Å². The van der Waals surface area contributed by atoms with E-state index in [-0.39, 0.29) is 18.0 Å². The van der Waals surface area contributed by atoms with Gasteiger partial charge in [0.15, 0.2) is 0 Å². The molecular formula is C13H22N2O3. The zero-order chi connectivity index (χ0) is 13.8. The van der Waals surface area contributed by atoms with Crippen LogP contribution in [-0.4, -0.2) is 29.7 Å². The molecule has 0 bridgehead atoms. The number of carbonyl (C=O) groups excluding carboxylic acids is 2. The highest BCUT2D eigenvalue weighted by atomic mass is 16.6. The quantitative estimate of drug-likeness (QED) is 0.754. The molecule has 5 heteroatoms. The fourth-order valence-corrected chi connectivity index (χ4v) is 2.01. The SMILES string of the molecule is C=CC(=O)N[C@@H]1CCC[C@H]1NC(=O)OC(C)(C)C. The van der Waals surface area contributed by atoms with Gasteiger partial charge in [0.05, 0.1) is 6.04 Å². The fourth-order valence-electron chi connectivity index (χ4n) is 2.01. The van der Waals surface area contributed by atoms with Crippen molar-refractivity contribution in [3.05, 3.63) is 12.7 Å². The van der Waals surface area contributed by atoms with E-state index in [1.54, 1.807) is 0 Å². The predicted octanol–water partition coefficient (Wildman–Crippen LogP) is 1.73. The zero-order valence-corrected chi connectivity index (χ0v) is 11.3. The maximum atomic E-state index is 11.6. The minimum atomic E-state index is -0.511. The van der Waals surface area contributed by atoms with E-state index in [9.17, 15) is 9.59 Å². The molecule has 1 aliphatic rings. The van der Waals surface area contributed by atoms with Crippen molar-refractivity contribution in [1.29, 1.82) is 0 Å². The molecule has 1 aliphatic carbocycles. The van der Waals surface area contributed by atoms with Gasteiger partial charge in [-0.2, -0.15) is 0 Å². The van der Waals surface area contributed by atoms with Gasteiger partial charge in [-0.05, 0) is 46.1 Å². The van der Waals surface area contributed by atoms with Crippen LogP contribution in [0.3, 0.4) is 0 Å². The predicted molar refractivity (Wildman–Crippen MR) is 69.1 cm³/mol. The largest absolute Gasteiger partial charge is 0.444 e. The molecule has 18 heavy (non-hydrogen) atoms. The Morgan fingerprint density at radius 1 is 1.22 bits per heavy atom. The highest BCUT2D eigenvalue weighted by Gasteiger charge is 2.30. The molecule has 0 spiro atoms. The minimum Gasteiger partial charge on any atom is -0.444 e. The summed E-state index contributed by atoms with van der Waals surface area (Å²) in [6, 6.07) is -0.105. The van der Waals surface area contributed by atoms with Gasteiger partial charge in [0, 0.05) is 6.04 Å². The molecule has 5 nitrogen and oxygen atoms in total. The van der Waals surface area contributed by atoms with Crippen LogP contribution in [0.5, 0.6) is 0 Å². The van der Waals surface area contributed by atoms with Crippen molar-refractivity contribution >= 4 is 12.0 Å². The average molecular weight is 254 g/mol. The third-order valence-corrected chi connectivity index (χ3v) is 2.73. The summed E-state index contributed by atoms with van der Waals surface area (Å²) in [5.74, 6) is -0.210. The lowest BCUT2D eigenvalue weighted by Gasteiger charge is -2.25. The van der Waals surface area contributed by atoms with E-state index in [0.717, 1.165) is 19.3 Å². The van der Waals surface area contributed by atoms with E-state index < -0.39 is 11.7 Å². The van der Waals surface area contributed by atoms with Gasteiger partial charge in [0.2, 0.25) is 5.91 Å². The molecule has 102 valence electrons. The summed E-state index contributed by atoms with van der Waals surface area (Å²) in [5, 5.41) is 5.62. The molecule has 0 saturated heterocycles. The lowest BCUT2D eigenvalue weighted by Crippen LogP contribution is -2.49. The monoisotopic (exact) mass is 254 g/mol. The summed E-state index contributed by atoms with van der Waals surface area (Å²) in [6.45, 7) is 8.87. The molecule has 1 fully saturated rings. The molecule has 0 heterocycles. The van der Waals surface area contributed by atoms with Gasteiger partial charge in [0.1, 0.15) is 5.60 Å². The Bertz CT molecular complexity index is 334. The first-order valence-corrected chi connectivity index (χ1v) is 6.24. The molecular weight excluding hydrogens is 232 g/mol. The van der Waals surface area contributed by atoms with Crippen molar-refractivity contribution in [2.75, 3.05) is 0 Å². The Balaban J connectivity index is 2.47. The van der Waals surface area contributed by atoms with Crippen LogP contribution in [-0.2, 0) is 9.53 Å². The van der Waals surface area contributed by atoms with Crippen molar-refractivity contribution < 1.29 is 14.3 Å². The number of rotatable bonds is 3. The Morgan fingerprint density at radius 3 is 2.28 bits per heavy atom. The van der Waals surface area contributed by atoms with Gasteiger partial charge in [-0.15, -0.1) is 0 Å². The second kappa shape index (κ2) is 5.89. The number of carbonyl (C=O) groups is 2. The van der Waals surface area contributed by atoms with Gasteiger partial charge < -0.3 is 15.4 Å². The average Bonchev–Trinajstić information content (AvgIpc) is 2.62. The van der Waals surface area contributed by atoms with Crippen LogP contribution in [0.1, 0.15) is 40.0 Å². The second-order valence-electron chi connectivity index (χ2n) is 5.50. The van der Waals surface area contributed by atoms with Crippen molar-refractivity contribution in [2.24, 2.45) is 0 Å². The summed E-state index contributed by atoms with van der Waals surface area (Å²) in [5.41, 5.74) is -0.511. The van der Waals surface area contributed by atoms with Gasteiger partial charge in [-0.25, -0.2) is 4.79 Å². The summed E-state index contributed by atoms with van der Waals surface area (Å²) in [6.07, 6.45) is 3.49. The van der Waals surface area contributed by atoms with Gasteiger partial charge in [-0.3, -0.25) is 4.79 Å². The van der Waals surface area contributed by atoms with Crippen LogP contribution in [0, 0.1) is 0 Å². The molecule has 2 amide bonds. The fraction of sp³-hybridized carbons (Fsp3) is 0.692. The minimum absolute atomic E-state index is 0.0389. The Labute approximate surface area is 108 Å². The molecule has 1 saturated carbocycles. The highest BCUT2D eigenvalue weighted by Crippen LogP contribution is 2.19. The molecule has 1 rings (SSSR count). The lowest BCUT2D eigenvalue weighted by molar-refractivity contribution is -0.117. The number of nitrogens with one attached hydrogen (secondary N) is 2. The molecule has 2 N–H and O–H groups in total. The van der Waals surface area contributed by atoms with E-state index in [4.69, 9.17) is 4.74 Å². The third-order valence-electron chi connectivity index (χ3n) is 2.73. The Kier molecular flexibility index (Phi) is 4.76. The van der Waals surface area contributed by atoms with E-state index in [1.165, 1.54) is 6.08 Å². The first kappa shape index (κ1) is 14.5. The van der Waals surface area contributed by atoms with E-state index in [2.05, 4.69) is 17.2 Å². The van der Waals surface area contributed by atoms with Crippen LogP contribution < -0.4 is 10.6 Å². The highest BCUT2D eigenvalue weighted by molar-refractivity contribution is 5.87. The van der Waals surface area contributed by atoms with E-state index in [0.29, 0.717) is 0 Å². The molecule has 0 aromatic carbocycles. The van der Waals surface area contributed by atoms with Crippen molar-refractivity contribution in [2.45, 2.75) is 57.7 Å². The number of ether oxygens (including phenoxy) is 1. The van der Waals surface area contributed by atoms with Crippen LogP contribution in [0.2, 0.25) is 0 Å². The Hall–Kier alpha value is -1.52. The zero-order valence-electron chi connectivity index (χ0n) is 11.3. The number of hydrogen-bond acceptors (Lipinski definition) is 3. The molecule has 0 unspecified atom stereocenters. The molecule has 0 aromatic heterocycles. The van der Waals surface area contributed by atoms with Crippen LogP contribution in [0.4, 0.5) is 4.79 Å². The van der Waals surface area contributed by atoms with Crippen LogP contribution in [0.15, 0.2) is 12.7 Å². The number of alkyl carbamates (subject to hydrolysis) is 1. The summed E-state index contributed by atoms with van der Waals surface area (Å²) in [4.78, 5) is 22.9. The van der Waals surface area contributed by atoms with Crippen LogP contribution in [0.25, 0.3) is 0 Å². The molecule has 0 aromatic rings. The van der Waals surface area contributed by atoms with Gasteiger partial charge in [0.25, 0.3) is 0 Å². The normalized spacial score (nSPS) is 23.3. The maximum Gasteiger partial charge on any atom is 0.407 e. The Morgan fingerprint density at radius 2 is 1.78 bits per heavy atom. The molecule has 2 atom stereocenters. The topological polar surface area (TPSA) is 67.4 Å². The van der Waals surface area contributed by atoms with Gasteiger partial charge in [-0.1, -0.05) is 6.58 Å². The van der Waals surface area contributed by atoms with Crippen molar-refractivity contribution in [1.82, 2.24) is 10.6 Å².